The van der Waals surface area contributed by atoms with Crippen LogP contribution in [0, 0.1) is 0 Å². The summed E-state index contributed by atoms with van der Waals surface area (Å²) in [6.07, 6.45) is 3.29. The smallest absolute Gasteiger partial charge is 0.126 e. The van der Waals surface area contributed by atoms with Crippen molar-refractivity contribution in [1.29, 1.82) is 0 Å². The molecule has 1 unspecified atom stereocenters. The molecule has 0 aliphatic carbocycles. The van der Waals surface area contributed by atoms with E-state index in [1.807, 2.05) is 0 Å². The highest BCUT2D eigenvalue weighted by Gasteiger charge is 2.27. The van der Waals surface area contributed by atoms with Gasteiger partial charge in [0.1, 0.15) is 5.75 Å². The first-order valence-electron chi connectivity index (χ1n) is 9.03. The van der Waals surface area contributed by atoms with Crippen LogP contribution in [0.2, 0.25) is 0 Å². The van der Waals surface area contributed by atoms with Gasteiger partial charge in [0.05, 0.1) is 6.61 Å². The van der Waals surface area contributed by atoms with E-state index in [2.05, 4.69) is 67.5 Å². The number of hydrogen-bond donors (Lipinski definition) is 1. The maximum Gasteiger partial charge on any atom is 0.126 e. The van der Waals surface area contributed by atoms with Gasteiger partial charge in [0.15, 0.2) is 0 Å². The third-order valence-electron chi connectivity index (χ3n) is 4.18. The van der Waals surface area contributed by atoms with E-state index in [0.717, 1.165) is 25.0 Å². The normalized spacial score (nSPS) is 14.0. The van der Waals surface area contributed by atoms with Crippen molar-refractivity contribution in [2.45, 2.75) is 91.5 Å². The van der Waals surface area contributed by atoms with Crippen molar-refractivity contribution in [3.63, 3.8) is 0 Å². The van der Waals surface area contributed by atoms with Crippen LogP contribution in [0.5, 0.6) is 5.75 Å². The minimum Gasteiger partial charge on any atom is -0.493 e. The minimum atomic E-state index is 0.0711. The largest absolute Gasteiger partial charge is 0.493 e. The van der Waals surface area contributed by atoms with E-state index in [-0.39, 0.29) is 16.9 Å². The van der Waals surface area contributed by atoms with E-state index in [1.165, 1.54) is 16.7 Å². The van der Waals surface area contributed by atoms with E-state index < -0.39 is 0 Å². The topological polar surface area (TPSA) is 35.2 Å². The van der Waals surface area contributed by atoms with Gasteiger partial charge in [-0.2, -0.15) is 0 Å². The van der Waals surface area contributed by atoms with Crippen LogP contribution in [0.3, 0.4) is 0 Å². The van der Waals surface area contributed by atoms with Crippen molar-refractivity contribution in [3.05, 3.63) is 28.8 Å². The third kappa shape index (κ3) is 5.84. The molecule has 1 atom stereocenters. The van der Waals surface area contributed by atoms with Gasteiger partial charge in [-0.15, -0.1) is 0 Å². The maximum atomic E-state index is 6.10. The predicted molar refractivity (Wildman–Crippen MR) is 102 cm³/mol. The number of nitrogens with two attached hydrogens (primary N) is 1. The molecule has 0 bridgehead atoms. The quantitative estimate of drug-likeness (QED) is 0.767. The van der Waals surface area contributed by atoms with Gasteiger partial charge in [-0.1, -0.05) is 53.7 Å². The SMILES string of the molecule is CCOc1c(C(C)(C)C)cc(CCCC(C)N)cc1C(C)(C)C. The van der Waals surface area contributed by atoms with Gasteiger partial charge in [-0.3, -0.25) is 0 Å². The molecule has 0 fully saturated rings. The molecule has 1 aromatic carbocycles. The summed E-state index contributed by atoms with van der Waals surface area (Å²) in [6, 6.07) is 4.98. The van der Waals surface area contributed by atoms with Gasteiger partial charge >= 0.3 is 0 Å². The molecule has 132 valence electrons. The average Bonchev–Trinajstić information content (AvgIpc) is 2.37. The Balaban J connectivity index is 3.35. The van der Waals surface area contributed by atoms with Crippen LogP contribution in [0.25, 0.3) is 0 Å². The Morgan fingerprint density at radius 1 is 1.00 bits per heavy atom. The second-order valence-electron chi connectivity index (χ2n) is 8.82. The van der Waals surface area contributed by atoms with Crippen LogP contribution in [-0.2, 0) is 17.3 Å². The Morgan fingerprint density at radius 3 is 1.83 bits per heavy atom. The van der Waals surface area contributed by atoms with Crippen molar-refractivity contribution in [2.24, 2.45) is 5.73 Å². The molecule has 0 spiro atoms. The second-order valence-corrected chi connectivity index (χ2v) is 8.82. The predicted octanol–water partition coefficient (Wildman–Crippen LogP) is 5.35. The zero-order valence-electron chi connectivity index (χ0n) is 16.5. The van der Waals surface area contributed by atoms with Crippen molar-refractivity contribution >= 4 is 0 Å². The Hall–Kier alpha value is -1.02. The molecule has 2 N–H and O–H groups in total. The lowest BCUT2D eigenvalue weighted by atomic mass is 9.78. The molecule has 0 saturated heterocycles. The standard InChI is InChI=1S/C21H37NO/c1-9-23-19-17(20(3,4)5)13-16(12-10-11-15(2)22)14-18(19)21(6,7)8/h13-15H,9-12,22H2,1-8H3. The fourth-order valence-corrected chi connectivity index (χ4v) is 2.88. The van der Waals surface area contributed by atoms with E-state index in [9.17, 15) is 0 Å². The molecule has 1 aromatic rings. The lowest BCUT2D eigenvalue weighted by Crippen LogP contribution is -2.20. The summed E-state index contributed by atoms with van der Waals surface area (Å²) in [5.41, 5.74) is 10.1. The third-order valence-corrected chi connectivity index (χ3v) is 4.18. The Morgan fingerprint density at radius 2 is 1.48 bits per heavy atom. The number of aryl methyl sites for hydroxylation is 1. The van der Waals surface area contributed by atoms with Crippen molar-refractivity contribution < 1.29 is 4.74 Å². The van der Waals surface area contributed by atoms with E-state index in [0.29, 0.717) is 6.61 Å². The first-order valence-corrected chi connectivity index (χ1v) is 9.03. The molecule has 0 amide bonds. The molecular formula is C21H37NO. The van der Waals surface area contributed by atoms with E-state index in [1.54, 1.807) is 0 Å². The first-order chi connectivity index (χ1) is 10.5. The van der Waals surface area contributed by atoms with Crippen molar-refractivity contribution in [3.8, 4) is 5.75 Å². The molecule has 2 heteroatoms. The van der Waals surface area contributed by atoms with Crippen LogP contribution in [-0.4, -0.2) is 12.6 Å². The summed E-state index contributed by atoms with van der Waals surface area (Å²) in [6.45, 7) is 18.5. The zero-order valence-corrected chi connectivity index (χ0v) is 16.5. The number of ether oxygens (including phenoxy) is 1. The van der Waals surface area contributed by atoms with Gasteiger partial charge in [0.2, 0.25) is 0 Å². The van der Waals surface area contributed by atoms with Gasteiger partial charge < -0.3 is 10.5 Å². The van der Waals surface area contributed by atoms with Crippen molar-refractivity contribution in [2.75, 3.05) is 6.61 Å². The number of rotatable bonds is 6. The fraction of sp³-hybridized carbons (Fsp3) is 0.714. The summed E-state index contributed by atoms with van der Waals surface area (Å²) < 4.78 is 6.10. The molecule has 0 saturated carbocycles. The zero-order chi connectivity index (χ0) is 17.8. The van der Waals surface area contributed by atoms with E-state index >= 15 is 0 Å². The second kappa shape index (κ2) is 7.70. The molecule has 1 rings (SSSR count). The van der Waals surface area contributed by atoms with Crippen LogP contribution < -0.4 is 10.5 Å². The van der Waals surface area contributed by atoms with Crippen molar-refractivity contribution in [1.82, 2.24) is 0 Å². The summed E-state index contributed by atoms with van der Waals surface area (Å²) in [5, 5.41) is 0. The van der Waals surface area contributed by atoms with Crippen LogP contribution in [0.15, 0.2) is 12.1 Å². The molecule has 0 radical (unpaired) electrons. The first kappa shape index (κ1) is 20.0. The molecule has 0 aromatic heterocycles. The van der Waals surface area contributed by atoms with Crippen LogP contribution >= 0.6 is 0 Å². The lowest BCUT2D eigenvalue weighted by Gasteiger charge is -2.30. The summed E-state index contributed by atoms with van der Waals surface area (Å²) in [7, 11) is 0. The summed E-state index contributed by atoms with van der Waals surface area (Å²) in [4.78, 5) is 0. The minimum absolute atomic E-state index is 0.0711. The van der Waals surface area contributed by atoms with Gasteiger partial charge in [-0.25, -0.2) is 0 Å². The van der Waals surface area contributed by atoms with Gasteiger partial charge in [0.25, 0.3) is 0 Å². The molecular weight excluding hydrogens is 282 g/mol. The number of benzene rings is 1. The highest BCUT2D eigenvalue weighted by Crippen LogP contribution is 2.41. The molecule has 2 nitrogen and oxygen atoms in total. The van der Waals surface area contributed by atoms with Crippen LogP contribution in [0.4, 0.5) is 0 Å². The lowest BCUT2D eigenvalue weighted by molar-refractivity contribution is 0.319. The Labute approximate surface area is 143 Å². The molecule has 0 heterocycles. The highest BCUT2D eigenvalue weighted by molar-refractivity contribution is 5.51. The summed E-state index contributed by atoms with van der Waals surface area (Å²) in [5.74, 6) is 1.09. The highest BCUT2D eigenvalue weighted by atomic mass is 16.5. The van der Waals surface area contributed by atoms with Crippen LogP contribution in [0.1, 0.15) is 84.9 Å². The monoisotopic (exact) mass is 319 g/mol. The molecule has 0 aliphatic rings. The van der Waals surface area contributed by atoms with Gasteiger partial charge in [0, 0.05) is 17.2 Å². The molecule has 23 heavy (non-hydrogen) atoms. The van der Waals surface area contributed by atoms with E-state index in [4.69, 9.17) is 10.5 Å². The maximum absolute atomic E-state index is 6.10. The fourth-order valence-electron chi connectivity index (χ4n) is 2.88. The summed E-state index contributed by atoms with van der Waals surface area (Å²) >= 11 is 0. The average molecular weight is 320 g/mol. The Bertz CT molecular complexity index is 469. The molecule has 0 aliphatic heterocycles. The Kier molecular flexibility index (Phi) is 6.70. The number of hydrogen-bond acceptors (Lipinski definition) is 2. The van der Waals surface area contributed by atoms with Gasteiger partial charge in [-0.05, 0) is 49.5 Å².